The van der Waals surface area contributed by atoms with Crippen molar-refractivity contribution in [3.05, 3.63) is 215 Å². The minimum absolute atomic E-state index is 0.00287. The molecule has 3 aliphatic heterocycles. The molecule has 14 atom stereocenters. The first-order valence-electron chi connectivity index (χ1n) is 37.8. The average molecular weight is 1560 g/mol. The minimum atomic E-state index is -4.95. The summed E-state index contributed by atoms with van der Waals surface area (Å²) in [5.41, 5.74) is 4.91. The fourth-order valence-corrected chi connectivity index (χ4v) is 15.0. The molecule has 0 bridgehead atoms. The number of benzene rings is 6. The molecule has 2 saturated heterocycles. The van der Waals surface area contributed by atoms with Crippen LogP contribution in [0.1, 0.15) is 152 Å². The third-order valence-corrected chi connectivity index (χ3v) is 21.6. The highest BCUT2D eigenvalue weighted by Gasteiger charge is 2.56. The quantitative estimate of drug-likeness (QED) is 0.0204. The van der Waals surface area contributed by atoms with Crippen molar-refractivity contribution in [1.29, 1.82) is 0 Å². The van der Waals surface area contributed by atoms with Gasteiger partial charge in [-0.3, -0.25) is 55.9 Å². The van der Waals surface area contributed by atoms with Crippen LogP contribution in [-0.2, 0) is 159 Å². The lowest BCUT2D eigenvalue weighted by Gasteiger charge is -2.48. The van der Waals surface area contributed by atoms with Crippen LogP contribution in [0.4, 0.5) is 0 Å². The molecular weight excluding hydrogens is 1460 g/mol. The Bertz CT molecular complexity index is 3830. The molecule has 2 N–H and O–H groups in total. The second-order valence-electron chi connectivity index (χ2n) is 27.0. The van der Waals surface area contributed by atoms with E-state index in [-0.39, 0.29) is 91.2 Å². The molecule has 9 rings (SSSR count). The van der Waals surface area contributed by atoms with Gasteiger partial charge >= 0.3 is 39.5 Å². The summed E-state index contributed by atoms with van der Waals surface area (Å²) >= 11 is 0. The molecule has 28 heteroatoms. The van der Waals surface area contributed by atoms with Gasteiger partial charge in [0.15, 0.2) is 18.7 Å². The molecule has 2 amide bonds. The lowest BCUT2D eigenvalue weighted by molar-refractivity contribution is -0.293. The highest BCUT2D eigenvalue weighted by atomic mass is 31.2. The zero-order valence-electron chi connectivity index (χ0n) is 63.5. The third-order valence-electron chi connectivity index (χ3n) is 18.8. The van der Waals surface area contributed by atoms with Gasteiger partial charge < -0.3 is 58.0 Å². The summed E-state index contributed by atoms with van der Waals surface area (Å²) in [5.74, 6) is -5.28. The van der Waals surface area contributed by atoms with Gasteiger partial charge in [-0.2, -0.15) is 0 Å². The first-order valence-corrected chi connectivity index (χ1v) is 40.7. The predicted molar refractivity (Wildman–Crippen MR) is 402 cm³/mol. The highest BCUT2D eigenvalue weighted by Crippen LogP contribution is 2.56. The Labute approximate surface area is 643 Å². The summed E-state index contributed by atoms with van der Waals surface area (Å²) in [7, 11) is -9.71. The van der Waals surface area contributed by atoms with Gasteiger partial charge in [-0.25, -0.2) is 9.13 Å². The van der Waals surface area contributed by atoms with Crippen molar-refractivity contribution in [3.8, 4) is 0 Å². The SMILES string of the molecule is CCC(=O)O[C@H](CC)CC(=O)NC1[C@@H](OP(=O)(OCc2ccccc2)OCc2ccccc2)OC(CO[C@@H]2OC(COCc3ccccc3)[C@@H](OP3(=O)OCc4ccccc4CO3)[C@H](OC(=O)C[C@@H](CC)OCc3ccccc3)C2NC(=O)C[C@@H](CC)OC(=O)CC)[C@@H](C)[C@@H]1OC(=O)C[C@@H](CC)OCc1ccccc1. The normalized spacial score (nSPS) is 22.1. The average Bonchev–Trinajstić information content (AvgIpc) is 0.850. The Morgan fingerprint density at radius 3 is 1.27 bits per heavy atom. The maximum Gasteiger partial charge on any atom is 0.477 e. The van der Waals surface area contributed by atoms with Crippen molar-refractivity contribution in [3.63, 3.8) is 0 Å². The highest BCUT2D eigenvalue weighted by molar-refractivity contribution is 7.48. The van der Waals surface area contributed by atoms with Crippen LogP contribution >= 0.6 is 15.6 Å². The summed E-state index contributed by atoms with van der Waals surface area (Å²) in [4.78, 5) is 85.4. The predicted octanol–water partition coefficient (Wildman–Crippen LogP) is 13.9. The molecular formula is C82H104N2O24P2. The first kappa shape index (κ1) is 86.1. The molecule has 0 saturated carbocycles. The van der Waals surface area contributed by atoms with E-state index in [2.05, 4.69) is 10.6 Å². The van der Waals surface area contributed by atoms with E-state index in [1.54, 1.807) is 120 Å². The van der Waals surface area contributed by atoms with Gasteiger partial charge in [-0.15, -0.1) is 0 Å². The van der Waals surface area contributed by atoms with Crippen molar-refractivity contribution in [2.75, 3.05) is 13.2 Å². The third kappa shape index (κ3) is 27.2. The second-order valence-corrected chi connectivity index (χ2v) is 30.2. The van der Waals surface area contributed by atoms with E-state index in [9.17, 15) is 19.2 Å². The molecule has 110 heavy (non-hydrogen) atoms. The maximum atomic E-state index is 15.8. The summed E-state index contributed by atoms with van der Waals surface area (Å²) in [5, 5.41) is 5.90. The molecule has 0 aliphatic carbocycles. The number of carbonyl (C=O) groups excluding carboxylic acids is 6. The van der Waals surface area contributed by atoms with Gasteiger partial charge in [-0.1, -0.05) is 224 Å². The van der Waals surface area contributed by atoms with Crippen LogP contribution in [-0.4, -0.2) is 129 Å². The molecule has 4 unspecified atom stereocenters. The van der Waals surface area contributed by atoms with Crippen LogP contribution in [0.15, 0.2) is 176 Å². The second kappa shape index (κ2) is 44.4. The van der Waals surface area contributed by atoms with Crippen LogP contribution in [0.25, 0.3) is 0 Å². The summed E-state index contributed by atoms with van der Waals surface area (Å²) in [6.07, 6.45) is -15.0. The van der Waals surface area contributed by atoms with E-state index in [1.165, 1.54) is 0 Å². The van der Waals surface area contributed by atoms with Crippen LogP contribution in [0.3, 0.4) is 0 Å². The number of nitrogens with one attached hydrogen (secondary N) is 2. The monoisotopic (exact) mass is 1560 g/mol. The van der Waals surface area contributed by atoms with Crippen molar-refractivity contribution < 1.29 is 112 Å². The number of hydrogen-bond donors (Lipinski definition) is 2. The molecule has 0 radical (unpaired) electrons. The number of hydrogen-bond acceptors (Lipinski definition) is 24. The number of phosphoric ester groups is 2. The lowest BCUT2D eigenvalue weighted by atomic mass is 9.88. The topological polar surface area (TPSA) is 308 Å². The number of esters is 4. The molecule has 596 valence electrons. The first-order chi connectivity index (χ1) is 53.3. The van der Waals surface area contributed by atoms with Crippen LogP contribution in [0.5, 0.6) is 0 Å². The van der Waals surface area contributed by atoms with E-state index in [0.717, 1.165) is 16.7 Å². The number of amides is 2. The lowest BCUT2D eigenvalue weighted by Crippen LogP contribution is -2.67. The largest absolute Gasteiger partial charge is 0.477 e. The van der Waals surface area contributed by atoms with Gasteiger partial charge in [0.25, 0.3) is 0 Å². The Kier molecular flexibility index (Phi) is 34.7. The summed E-state index contributed by atoms with van der Waals surface area (Å²) < 4.78 is 134. The molecule has 6 aromatic rings. The molecule has 0 aromatic heterocycles. The zero-order valence-corrected chi connectivity index (χ0v) is 65.2. The van der Waals surface area contributed by atoms with Gasteiger partial charge in [0.2, 0.25) is 11.8 Å². The van der Waals surface area contributed by atoms with Gasteiger partial charge in [-0.05, 0) is 64.6 Å². The minimum Gasteiger partial charge on any atom is -0.462 e. The molecule has 26 nitrogen and oxygen atoms in total. The number of ether oxygens (including phenoxy) is 10. The van der Waals surface area contributed by atoms with E-state index in [4.69, 9.17) is 74.5 Å². The van der Waals surface area contributed by atoms with Gasteiger partial charge in [0, 0.05) is 18.8 Å². The van der Waals surface area contributed by atoms with E-state index in [1.807, 2.05) is 105 Å². The number of carbonyl (C=O) groups is 6. The fraction of sp³-hybridized carbons (Fsp3) is 0.488. The number of fused-ring (bicyclic) bond motifs is 1. The van der Waals surface area contributed by atoms with Crippen molar-refractivity contribution in [1.82, 2.24) is 10.6 Å². The van der Waals surface area contributed by atoms with E-state index >= 15 is 18.7 Å². The molecule has 0 spiro atoms. The van der Waals surface area contributed by atoms with Crippen molar-refractivity contribution in [2.45, 2.75) is 239 Å². The summed E-state index contributed by atoms with van der Waals surface area (Å²) in [6.45, 7) is 10.3. The summed E-state index contributed by atoms with van der Waals surface area (Å²) in [6, 6.07) is 49.5. The Hall–Kier alpha value is -7.88. The van der Waals surface area contributed by atoms with Crippen molar-refractivity contribution in [2.24, 2.45) is 5.92 Å². The van der Waals surface area contributed by atoms with Crippen LogP contribution in [0.2, 0.25) is 0 Å². The van der Waals surface area contributed by atoms with E-state index in [0.29, 0.717) is 35.1 Å². The Balaban J connectivity index is 1.14. The standard InChI is InChI=1S/C82H104N2O24P2/c1-8-64(94-48-58-33-21-15-22-34-58)45-74(89)105-78-56(7)68(103-82(76(78)83-70(85)43-66(10-3)101-72(87)12-5)108-110(92,97-50-60-37-25-17-26-38-60)98-51-61-39-27-18-28-40-61)55-96-81-77(84-71(86)44-67(11-4)102-73(88)13-6)80(106-75(90)46-65(9-2)95-49-59-35-23-16-24-36-59)79(69(104-81)54-93-47-57-31-19-14-20-32-57)107-109(91)99-52-62-41-29-30-42-63(62)53-100-109/h14-42,56,64-69,76-82H,8-13,43-55H2,1-7H3,(H,83,85)(H,84,86)/t56-,64-,65-,66-,67-,68?,69?,76?,77?,78+,79-,80-,81-,82-/m1/s1. The molecule has 6 aromatic carbocycles. The molecule has 3 aliphatic rings. The van der Waals surface area contributed by atoms with Crippen LogP contribution in [0, 0.1) is 5.92 Å². The van der Waals surface area contributed by atoms with E-state index < -0.39 is 156 Å². The van der Waals surface area contributed by atoms with Crippen LogP contribution < -0.4 is 10.6 Å². The smallest absolute Gasteiger partial charge is 0.462 e. The maximum absolute atomic E-state index is 15.8. The molecule has 2 fully saturated rings. The zero-order chi connectivity index (χ0) is 78.3. The fourth-order valence-electron chi connectivity index (χ4n) is 12.4. The van der Waals surface area contributed by atoms with Gasteiger partial charge in [0.1, 0.15) is 42.6 Å². The van der Waals surface area contributed by atoms with Crippen molar-refractivity contribution >= 4 is 51.3 Å². The number of phosphoric acid groups is 2. The molecule has 3 heterocycles. The Morgan fingerprint density at radius 2 is 0.845 bits per heavy atom. The van der Waals surface area contributed by atoms with Gasteiger partial charge in [0.05, 0.1) is 103 Å². The number of rotatable bonds is 43. The Morgan fingerprint density at radius 1 is 0.455 bits per heavy atom.